The van der Waals surface area contributed by atoms with Crippen LogP contribution in [0.15, 0.2) is 30.0 Å². The fraction of sp³-hybridized carbons (Fsp3) is 0.353. The van der Waals surface area contributed by atoms with Crippen LogP contribution >= 0.6 is 0 Å². The van der Waals surface area contributed by atoms with Gasteiger partial charge >= 0.3 is 0 Å². The Morgan fingerprint density at radius 3 is 2.80 bits per heavy atom. The minimum Gasteiger partial charge on any atom is -0.500 e. The molecule has 0 unspecified atom stereocenters. The third kappa shape index (κ3) is 3.96. The van der Waals surface area contributed by atoms with Crippen molar-refractivity contribution in [2.45, 2.75) is 19.9 Å². The standard InChI is InChI=1S/C17H20N4O4/c1-3-25-10-12(7-18)17(24)20-13-4-5-16-15(6-13)19-11(2)21(16)14(8-22)9-23/h4-6,10,14,22-23H,3,8-9H2,1-2H3,(H,20,24)/b12-10+. The number of rotatable bonds is 7. The number of aliphatic hydroxyl groups excluding tert-OH is 2. The Morgan fingerprint density at radius 1 is 1.48 bits per heavy atom. The van der Waals surface area contributed by atoms with Crippen molar-refractivity contribution < 1.29 is 19.7 Å². The zero-order valence-corrected chi connectivity index (χ0v) is 14.1. The quantitative estimate of drug-likeness (QED) is 0.395. The number of fused-ring (bicyclic) bond motifs is 1. The first kappa shape index (κ1) is 18.4. The number of carbonyl (C=O) groups excluding carboxylic acids is 1. The smallest absolute Gasteiger partial charge is 0.269 e. The molecule has 25 heavy (non-hydrogen) atoms. The minimum atomic E-state index is -0.574. The number of imidazole rings is 1. The lowest BCUT2D eigenvalue weighted by Crippen LogP contribution is -2.18. The summed E-state index contributed by atoms with van der Waals surface area (Å²) in [6, 6.07) is 6.37. The molecule has 1 amide bonds. The number of aliphatic hydroxyl groups is 2. The van der Waals surface area contributed by atoms with E-state index in [-0.39, 0.29) is 18.8 Å². The topological polar surface area (TPSA) is 120 Å². The van der Waals surface area contributed by atoms with Crippen LogP contribution in [0.4, 0.5) is 5.69 Å². The molecule has 3 N–H and O–H groups in total. The Balaban J connectivity index is 2.31. The summed E-state index contributed by atoms with van der Waals surface area (Å²) in [4.78, 5) is 16.5. The molecule has 0 radical (unpaired) electrons. The second-order valence-corrected chi connectivity index (χ2v) is 5.30. The number of aromatic nitrogens is 2. The molecule has 0 spiro atoms. The predicted molar refractivity (Wildman–Crippen MR) is 91.6 cm³/mol. The van der Waals surface area contributed by atoms with Crippen LogP contribution in [0, 0.1) is 18.3 Å². The van der Waals surface area contributed by atoms with E-state index >= 15 is 0 Å². The summed E-state index contributed by atoms with van der Waals surface area (Å²) in [6.45, 7) is 3.46. The fourth-order valence-corrected chi connectivity index (χ4v) is 2.47. The van der Waals surface area contributed by atoms with Gasteiger partial charge in [0.25, 0.3) is 5.91 Å². The van der Waals surface area contributed by atoms with Crippen LogP contribution in [0.2, 0.25) is 0 Å². The van der Waals surface area contributed by atoms with E-state index in [0.717, 1.165) is 11.8 Å². The summed E-state index contributed by atoms with van der Waals surface area (Å²) in [5, 5.41) is 30.4. The molecule has 0 aliphatic rings. The van der Waals surface area contributed by atoms with E-state index in [1.54, 1.807) is 42.7 Å². The average molecular weight is 344 g/mol. The number of benzene rings is 1. The van der Waals surface area contributed by atoms with Gasteiger partial charge in [0.2, 0.25) is 0 Å². The third-order valence-electron chi connectivity index (χ3n) is 3.64. The van der Waals surface area contributed by atoms with Gasteiger partial charge in [-0.25, -0.2) is 4.98 Å². The van der Waals surface area contributed by atoms with Gasteiger partial charge in [-0.05, 0) is 32.0 Å². The van der Waals surface area contributed by atoms with E-state index in [2.05, 4.69) is 10.3 Å². The normalized spacial score (nSPS) is 11.6. The van der Waals surface area contributed by atoms with Crippen LogP contribution in [0.5, 0.6) is 0 Å². The Morgan fingerprint density at radius 2 is 2.20 bits per heavy atom. The molecule has 2 aromatic rings. The van der Waals surface area contributed by atoms with Gasteiger partial charge in [-0.3, -0.25) is 4.79 Å². The number of carbonyl (C=O) groups is 1. The molecule has 0 bridgehead atoms. The van der Waals surface area contributed by atoms with Crippen molar-refractivity contribution in [3.63, 3.8) is 0 Å². The maximum atomic E-state index is 12.1. The van der Waals surface area contributed by atoms with Crippen molar-refractivity contribution >= 4 is 22.6 Å². The monoisotopic (exact) mass is 344 g/mol. The van der Waals surface area contributed by atoms with Crippen molar-refractivity contribution in [2.75, 3.05) is 25.1 Å². The molecule has 0 atom stereocenters. The lowest BCUT2D eigenvalue weighted by atomic mass is 10.2. The molecule has 1 heterocycles. The highest BCUT2D eigenvalue weighted by atomic mass is 16.5. The highest BCUT2D eigenvalue weighted by Crippen LogP contribution is 2.24. The Bertz CT molecular complexity index is 831. The van der Waals surface area contributed by atoms with Crippen LogP contribution in [0.25, 0.3) is 11.0 Å². The molecule has 0 aliphatic carbocycles. The highest BCUT2D eigenvalue weighted by Gasteiger charge is 2.17. The van der Waals surface area contributed by atoms with Gasteiger partial charge in [-0.15, -0.1) is 0 Å². The first-order valence-electron chi connectivity index (χ1n) is 7.79. The molecule has 8 nitrogen and oxygen atoms in total. The van der Waals surface area contributed by atoms with Crippen LogP contribution in [0.3, 0.4) is 0 Å². The first-order valence-corrected chi connectivity index (χ1v) is 7.79. The average Bonchev–Trinajstić information content (AvgIpc) is 2.92. The first-order chi connectivity index (χ1) is 12.0. The summed E-state index contributed by atoms with van der Waals surface area (Å²) in [7, 11) is 0. The molecule has 1 aromatic heterocycles. The zero-order valence-electron chi connectivity index (χ0n) is 14.1. The van der Waals surface area contributed by atoms with E-state index < -0.39 is 11.9 Å². The van der Waals surface area contributed by atoms with Crippen molar-refractivity contribution in [2.24, 2.45) is 0 Å². The Hall–Kier alpha value is -2.89. The molecule has 1 aromatic carbocycles. The van der Waals surface area contributed by atoms with Crippen LogP contribution in [-0.4, -0.2) is 45.5 Å². The SMILES string of the molecule is CCO/C=C(\C#N)C(=O)Nc1ccc2c(c1)nc(C)n2C(CO)CO. The predicted octanol–water partition coefficient (Wildman–Crippen LogP) is 1.25. The lowest BCUT2D eigenvalue weighted by Gasteiger charge is -2.16. The molecule has 2 rings (SSSR count). The number of nitrogens with zero attached hydrogens (tertiary/aromatic N) is 3. The zero-order chi connectivity index (χ0) is 18.4. The van der Waals surface area contributed by atoms with Crippen molar-refractivity contribution in [1.82, 2.24) is 9.55 Å². The van der Waals surface area contributed by atoms with Gasteiger partial charge < -0.3 is 24.8 Å². The number of nitriles is 1. The number of ether oxygens (including phenoxy) is 1. The van der Waals surface area contributed by atoms with E-state index in [1.165, 1.54) is 0 Å². The van der Waals surface area contributed by atoms with Crippen LogP contribution < -0.4 is 5.32 Å². The van der Waals surface area contributed by atoms with Gasteiger partial charge in [0.15, 0.2) is 5.57 Å². The third-order valence-corrected chi connectivity index (χ3v) is 3.64. The molecule has 132 valence electrons. The second-order valence-electron chi connectivity index (χ2n) is 5.30. The maximum absolute atomic E-state index is 12.1. The van der Waals surface area contributed by atoms with E-state index in [9.17, 15) is 15.0 Å². The second kappa shape index (κ2) is 8.28. The number of aryl methyl sites for hydroxylation is 1. The van der Waals surface area contributed by atoms with Crippen molar-refractivity contribution in [3.05, 3.63) is 35.9 Å². The highest BCUT2D eigenvalue weighted by molar-refractivity contribution is 6.06. The molecule has 0 fully saturated rings. The molecule has 8 heteroatoms. The number of nitrogens with one attached hydrogen (secondary N) is 1. The largest absolute Gasteiger partial charge is 0.500 e. The maximum Gasteiger partial charge on any atom is 0.269 e. The van der Waals surface area contributed by atoms with Crippen LogP contribution in [0.1, 0.15) is 18.8 Å². The minimum absolute atomic E-state index is 0.135. The van der Waals surface area contributed by atoms with Gasteiger partial charge in [-0.2, -0.15) is 5.26 Å². The van der Waals surface area contributed by atoms with Gasteiger partial charge in [0, 0.05) is 5.69 Å². The van der Waals surface area contributed by atoms with E-state index in [0.29, 0.717) is 23.6 Å². The Labute approximate surface area is 145 Å². The summed E-state index contributed by atoms with van der Waals surface area (Å²) in [5.41, 5.74) is 1.68. The summed E-state index contributed by atoms with van der Waals surface area (Å²) in [6.07, 6.45) is 1.12. The summed E-state index contributed by atoms with van der Waals surface area (Å²) < 4.78 is 6.72. The lowest BCUT2D eigenvalue weighted by molar-refractivity contribution is -0.112. The fourth-order valence-electron chi connectivity index (χ4n) is 2.47. The molecular weight excluding hydrogens is 324 g/mol. The molecule has 0 aliphatic heterocycles. The number of anilines is 1. The van der Waals surface area contributed by atoms with E-state index in [4.69, 9.17) is 10.00 Å². The van der Waals surface area contributed by atoms with Gasteiger partial charge in [0.1, 0.15) is 18.2 Å². The van der Waals surface area contributed by atoms with Crippen molar-refractivity contribution in [1.29, 1.82) is 5.26 Å². The number of hydrogen-bond acceptors (Lipinski definition) is 6. The van der Waals surface area contributed by atoms with Gasteiger partial charge in [0.05, 0.1) is 36.9 Å². The number of hydrogen-bond donors (Lipinski definition) is 3. The van der Waals surface area contributed by atoms with E-state index in [1.807, 2.05) is 0 Å². The van der Waals surface area contributed by atoms with Crippen molar-refractivity contribution in [3.8, 4) is 6.07 Å². The molecule has 0 saturated carbocycles. The van der Waals surface area contributed by atoms with Gasteiger partial charge in [-0.1, -0.05) is 0 Å². The summed E-state index contributed by atoms with van der Waals surface area (Å²) in [5.74, 6) is 0.0654. The Kier molecular flexibility index (Phi) is 6.11. The van der Waals surface area contributed by atoms with Crippen LogP contribution in [-0.2, 0) is 9.53 Å². The molecule has 0 saturated heterocycles. The molecular formula is C17H20N4O4. The summed E-state index contributed by atoms with van der Waals surface area (Å²) >= 11 is 0. The number of amides is 1.